The molecular weight excluding hydrogens is 520 g/mol. The summed E-state index contributed by atoms with van der Waals surface area (Å²) in [4.78, 5) is 0. The summed E-state index contributed by atoms with van der Waals surface area (Å²) in [6.45, 7) is 17.0. The van der Waals surface area contributed by atoms with Crippen molar-refractivity contribution in [1.82, 2.24) is 0 Å². The highest BCUT2D eigenvalue weighted by molar-refractivity contribution is 5.96. The highest BCUT2D eigenvalue weighted by Crippen LogP contribution is 2.48. The van der Waals surface area contributed by atoms with Crippen LogP contribution in [0.4, 0.5) is 0 Å². The van der Waals surface area contributed by atoms with Crippen LogP contribution in [0.2, 0.25) is 0 Å². The maximum absolute atomic E-state index is 2.65. The Morgan fingerprint density at radius 2 is 1.53 bits per heavy atom. The number of fused-ring (bicyclic) bond motifs is 5. The van der Waals surface area contributed by atoms with Gasteiger partial charge < -0.3 is 0 Å². The molecule has 2 unspecified atom stereocenters. The SMILES string of the molecule is CCCCc1cccc2c3[n+](ccc12)C(CC)C(CC)(C[n+]1ccc(C)c(C)c1-c1cc(C)ccc1C)c1ccccc1-3. The van der Waals surface area contributed by atoms with Crippen molar-refractivity contribution in [2.75, 3.05) is 0 Å². The molecule has 0 radical (unpaired) electrons. The molecule has 43 heavy (non-hydrogen) atoms. The summed E-state index contributed by atoms with van der Waals surface area (Å²) in [6.07, 6.45) is 10.5. The van der Waals surface area contributed by atoms with Crippen LogP contribution in [0.15, 0.2) is 85.2 Å². The smallest absolute Gasteiger partial charge is 0.197 e. The van der Waals surface area contributed by atoms with Crippen LogP contribution in [0, 0.1) is 27.7 Å². The molecule has 3 aromatic carbocycles. The molecule has 6 rings (SSSR count). The van der Waals surface area contributed by atoms with E-state index in [1.807, 2.05) is 0 Å². The fourth-order valence-electron chi connectivity index (χ4n) is 7.99. The standard InChI is InChI=1S/C41H48N2/c1-8-11-15-32-16-14-18-34-33(32)23-25-43-38(9-2)41(10-3,37-19-13-12-17-35(37)40(34)43)27-42-24-22-29(5)31(7)39(42)36-26-28(4)20-21-30(36)6/h12-14,16-26,38H,8-11,15,27H2,1-7H3/q+2. The minimum Gasteiger partial charge on any atom is -0.197 e. The van der Waals surface area contributed by atoms with Gasteiger partial charge in [0.15, 0.2) is 25.0 Å². The lowest BCUT2D eigenvalue weighted by Gasteiger charge is -2.39. The van der Waals surface area contributed by atoms with Crippen molar-refractivity contribution in [2.45, 2.75) is 98.6 Å². The Labute approximate surface area is 259 Å². The Morgan fingerprint density at radius 1 is 0.721 bits per heavy atom. The van der Waals surface area contributed by atoms with Crippen molar-refractivity contribution in [3.05, 3.63) is 119 Å². The summed E-state index contributed by atoms with van der Waals surface area (Å²) < 4.78 is 5.24. The van der Waals surface area contributed by atoms with Crippen LogP contribution in [-0.2, 0) is 18.4 Å². The van der Waals surface area contributed by atoms with Crippen LogP contribution in [0.1, 0.15) is 85.9 Å². The van der Waals surface area contributed by atoms with Gasteiger partial charge in [-0.15, -0.1) is 0 Å². The summed E-state index contributed by atoms with van der Waals surface area (Å²) in [5.41, 5.74) is 13.8. The van der Waals surface area contributed by atoms with Crippen LogP contribution in [0.5, 0.6) is 0 Å². The minimum atomic E-state index is -0.0602. The topological polar surface area (TPSA) is 7.76 Å². The van der Waals surface area contributed by atoms with Gasteiger partial charge in [-0.2, -0.15) is 9.13 Å². The highest BCUT2D eigenvalue weighted by Gasteiger charge is 2.53. The first-order chi connectivity index (χ1) is 20.8. The zero-order valence-corrected chi connectivity index (χ0v) is 27.3. The maximum atomic E-state index is 2.65. The van der Waals surface area contributed by atoms with Crippen molar-refractivity contribution in [2.24, 2.45) is 0 Å². The second-order valence-electron chi connectivity index (χ2n) is 13.0. The second kappa shape index (κ2) is 11.7. The largest absolute Gasteiger partial charge is 0.220 e. The first-order valence-electron chi connectivity index (χ1n) is 16.5. The molecule has 2 heteroatoms. The lowest BCUT2D eigenvalue weighted by atomic mass is 9.66. The number of rotatable bonds is 8. The van der Waals surface area contributed by atoms with E-state index >= 15 is 0 Å². The van der Waals surface area contributed by atoms with E-state index in [4.69, 9.17) is 0 Å². The Hall–Kier alpha value is -3.78. The lowest BCUT2D eigenvalue weighted by Crippen LogP contribution is -2.61. The fourth-order valence-corrected chi connectivity index (χ4v) is 7.99. The second-order valence-corrected chi connectivity index (χ2v) is 13.0. The Morgan fingerprint density at radius 3 is 2.30 bits per heavy atom. The van der Waals surface area contributed by atoms with Crippen LogP contribution < -0.4 is 9.13 Å². The Balaban J connectivity index is 1.60. The van der Waals surface area contributed by atoms with Gasteiger partial charge in [-0.1, -0.05) is 75.2 Å². The first-order valence-corrected chi connectivity index (χ1v) is 16.5. The molecule has 2 aromatic heterocycles. The number of unbranched alkanes of at least 4 members (excludes halogenated alkanes) is 1. The zero-order chi connectivity index (χ0) is 30.3. The molecule has 1 aliphatic rings. The first kappa shape index (κ1) is 29.3. The summed E-state index contributed by atoms with van der Waals surface area (Å²) in [5, 5.41) is 2.80. The average Bonchev–Trinajstić information content (AvgIpc) is 3.02. The third-order valence-corrected chi connectivity index (χ3v) is 10.5. The normalized spacial score (nSPS) is 17.6. The van der Waals surface area contributed by atoms with Gasteiger partial charge in [-0.3, -0.25) is 0 Å². The number of benzene rings is 3. The molecule has 1 aliphatic heterocycles. The summed E-state index contributed by atoms with van der Waals surface area (Å²) in [5.74, 6) is 0. The van der Waals surface area contributed by atoms with Crippen LogP contribution >= 0.6 is 0 Å². The molecule has 2 nitrogen and oxygen atoms in total. The molecule has 0 saturated carbocycles. The third-order valence-electron chi connectivity index (χ3n) is 10.5. The molecular formula is C41H48N2+2. The zero-order valence-electron chi connectivity index (χ0n) is 27.3. The number of aromatic nitrogens is 2. The van der Waals surface area contributed by atoms with Gasteiger partial charge >= 0.3 is 0 Å². The van der Waals surface area contributed by atoms with E-state index in [1.165, 1.54) is 79.5 Å². The van der Waals surface area contributed by atoms with Crippen LogP contribution in [0.25, 0.3) is 33.3 Å². The van der Waals surface area contributed by atoms with Gasteiger partial charge in [0.25, 0.3) is 0 Å². The summed E-state index contributed by atoms with van der Waals surface area (Å²) in [7, 11) is 0. The molecule has 0 N–H and O–H groups in total. The predicted octanol–water partition coefficient (Wildman–Crippen LogP) is 9.64. The van der Waals surface area contributed by atoms with Crippen LogP contribution in [-0.4, -0.2) is 0 Å². The molecule has 5 aromatic rings. The van der Waals surface area contributed by atoms with E-state index in [1.54, 1.807) is 0 Å². The molecule has 2 atom stereocenters. The van der Waals surface area contributed by atoms with E-state index in [9.17, 15) is 0 Å². The summed E-state index contributed by atoms with van der Waals surface area (Å²) >= 11 is 0. The summed E-state index contributed by atoms with van der Waals surface area (Å²) in [6, 6.07) is 28.2. The quantitative estimate of drug-likeness (QED) is 0.165. The fraction of sp³-hybridized carbons (Fsp3) is 0.366. The molecule has 0 bridgehead atoms. The molecule has 0 amide bonds. The van der Waals surface area contributed by atoms with E-state index in [0.29, 0.717) is 6.04 Å². The van der Waals surface area contributed by atoms with Crippen molar-refractivity contribution in [1.29, 1.82) is 0 Å². The number of nitrogens with zero attached hydrogens (tertiary/aromatic N) is 2. The Kier molecular flexibility index (Phi) is 7.98. The molecule has 220 valence electrons. The molecule has 0 spiro atoms. The van der Waals surface area contributed by atoms with Gasteiger partial charge in [0.2, 0.25) is 11.4 Å². The Bertz CT molecular complexity index is 1810. The van der Waals surface area contributed by atoms with Gasteiger partial charge in [0, 0.05) is 29.7 Å². The number of hydrogen-bond donors (Lipinski definition) is 0. The molecule has 0 fully saturated rings. The van der Waals surface area contributed by atoms with Gasteiger partial charge in [0.1, 0.15) is 5.41 Å². The van der Waals surface area contributed by atoms with Crippen molar-refractivity contribution in [3.8, 4) is 22.5 Å². The van der Waals surface area contributed by atoms with Gasteiger partial charge in [0.05, 0.1) is 10.9 Å². The monoisotopic (exact) mass is 568 g/mol. The van der Waals surface area contributed by atoms with Crippen molar-refractivity contribution < 1.29 is 9.13 Å². The van der Waals surface area contributed by atoms with Crippen LogP contribution in [0.3, 0.4) is 0 Å². The highest BCUT2D eigenvalue weighted by atomic mass is 15.1. The van der Waals surface area contributed by atoms with Crippen molar-refractivity contribution in [3.63, 3.8) is 0 Å². The van der Waals surface area contributed by atoms with Crippen molar-refractivity contribution >= 4 is 10.8 Å². The average molecular weight is 569 g/mol. The number of aryl methyl sites for hydroxylation is 4. The lowest BCUT2D eigenvalue weighted by molar-refractivity contribution is -0.751. The molecule has 0 aliphatic carbocycles. The number of pyridine rings is 2. The minimum absolute atomic E-state index is 0.0602. The van der Waals surface area contributed by atoms with E-state index in [0.717, 1.165) is 25.8 Å². The number of hydrogen-bond acceptors (Lipinski definition) is 0. The molecule has 0 saturated heterocycles. The molecule has 3 heterocycles. The van der Waals surface area contributed by atoms with Gasteiger partial charge in [-0.05, 0) is 92.8 Å². The third kappa shape index (κ3) is 4.80. The van der Waals surface area contributed by atoms with E-state index < -0.39 is 0 Å². The maximum Gasteiger partial charge on any atom is 0.220 e. The van der Waals surface area contributed by atoms with E-state index in [-0.39, 0.29) is 5.41 Å². The predicted molar refractivity (Wildman–Crippen MR) is 181 cm³/mol. The van der Waals surface area contributed by atoms with E-state index in [2.05, 4.69) is 143 Å². The van der Waals surface area contributed by atoms with Gasteiger partial charge in [-0.25, -0.2) is 0 Å².